The molecule has 0 N–H and O–H groups in total. The number of fused-ring (bicyclic) bond motifs is 1. The molecular weight excluding hydrogens is 378 g/mol. The SMILES string of the molecule is CC(=O)N1c2ccc(N(C)Cc3ccccc3)cc2N(C(=O)C2CCCO2)C[C@@H]1C. The zero-order valence-corrected chi connectivity index (χ0v) is 17.9. The van der Waals surface area contributed by atoms with E-state index < -0.39 is 0 Å². The Labute approximate surface area is 178 Å². The summed E-state index contributed by atoms with van der Waals surface area (Å²) < 4.78 is 5.67. The highest BCUT2D eigenvalue weighted by Gasteiger charge is 2.37. The number of amides is 2. The molecule has 30 heavy (non-hydrogen) atoms. The van der Waals surface area contributed by atoms with Crippen LogP contribution in [0.4, 0.5) is 17.1 Å². The number of nitrogens with zero attached hydrogens (tertiary/aromatic N) is 3. The van der Waals surface area contributed by atoms with E-state index >= 15 is 0 Å². The second-order valence-corrected chi connectivity index (χ2v) is 8.20. The Morgan fingerprint density at radius 2 is 1.90 bits per heavy atom. The van der Waals surface area contributed by atoms with Crippen molar-refractivity contribution in [3.05, 3.63) is 54.1 Å². The van der Waals surface area contributed by atoms with Crippen molar-refractivity contribution in [1.29, 1.82) is 0 Å². The lowest BCUT2D eigenvalue weighted by Gasteiger charge is -2.42. The molecule has 0 saturated carbocycles. The molecular formula is C24H29N3O3. The molecule has 158 valence electrons. The summed E-state index contributed by atoms with van der Waals surface area (Å²) in [5.74, 6) is -0.0231. The minimum Gasteiger partial charge on any atom is -0.370 e. The fourth-order valence-corrected chi connectivity index (χ4v) is 4.43. The maximum atomic E-state index is 13.2. The van der Waals surface area contributed by atoms with Crippen molar-refractivity contribution in [3.63, 3.8) is 0 Å². The molecule has 2 aliphatic rings. The topological polar surface area (TPSA) is 53.1 Å². The van der Waals surface area contributed by atoms with Crippen molar-refractivity contribution in [2.24, 2.45) is 0 Å². The standard InChI is InChI=1S/C24H29N3O3/c1-17-15-26(24(29)23-10-7-13-30-23)22-14-20(11-12-21(22)27(17)18(2)28)25(3)16-19-8-5-4-6-9-19/h4-6,8-9,11-12,14,17,23H,7,10,13,15-16H2,1-3H3/t17-,23?/m0/s1. The molecule has 2 amide bonds. The molecule has 2 heterocycles. The van der Waals surface area contributed by atoms with Gasteiger partial charge in [-0.1, -0.05) is 30.3 Å². The summed E-state index contributed by atoms with van der Waals surface area (Å²) in [6.07, 6.45) is 1.27. The molecule has 0 radical (unpaired) electrons. The van der Waals surface area contributed by atoms with E-state index in [0.717, 1.165) is 36.4 Å². The molecule has 1 unspecified atom stereocenters. The lowest BCUT2D eigenvalue weighted by molar-refractivity contribution is -0.127. The van der Waals surface area contributed by atoms with Crippen molar-refractivity contribution in [2.45, 2.75) is 45.4 Å². The summed E-state index contributed by atoms with van der Waals surface area (Å²) >= 11 is 0. The largest absolute Gasteiger partial charge is 0.370 e. The van der Waals surface area contributed by atoms with E-state index in [1.165, 1.54) is 5.56 Å². The second kappa shape index (κ2) is 8.48. The molecule has 0 spiro atoms. The minimum absolute atomic E-state index is 0.00772. The maximum Gasteiger partial charge on any atom is 0.256 e. The average molecular weight is 408 g/mol. The number of carbonyl (C=O) groups is 2. The molecule has 2 aliphatic heterocycles. The summed E-state index contributed by atoms with van der Waals surface area (Å²) in [4.78, 5) is 31.3. The molecule has 1 saturated heterocycles. The molecule has 6 heteroatoms. The predicted molar refractivity (Wildman–Crippen MR) is 119 cm³/mol. The Morgan fingerprint density at radius 3 is 2.57 bits per heavy atom. The van der Waals surface area contributed by atoms with Gasteiger partial charge in [0.2, 0.25) is 5.91 Å². The number of hydrogen-bond acceptors (Lipinski definition) is 4. The summed E-state index contributed by atoms with van der Waals surface area (Å²) in [5.41, 5.74) is 3.77. The van der Waals surface area contributed by atoms with E-state index in [4.69, 9.17) is 4.74 Å². The second-order valence-electron chi connectivity index (χ2n) is 8.20. The first-order valence-corrected chi connectivity index (χ1v) is 10.6. The Kier molecular flexibility index (Phi) is 5.77. The van der Waals surface area contributed by atoms with Crippen LogP contribution in [0.2, 0.25) is 0 Å². The monoisotopic (exact) mass is 407 g/mol. The van der Waals surface area contributed by atoms with Gasteiger partial charge in [0, 0.05) is 39.4 Å². The molecule has 2 aromatic rings. The van der Waals surface area contributed by atoms with Crippen molar-refractivity contribution < 1.29 is 14.3 Å². The van der Waals surface area contributed by atoms with Crippen LogP contribution in [-0.2, 0) is 20.9 Å². The Morgan fingerprint density at radius 1 is 1.13 bits per heavy atom. The van der Waals surface area contributed by atoms with E-state index in [1.807, 2.05) is 55.3 Å². The molecule has 2 atom stereocenters. The number of rotatable bonds is 4. The average Bonchev–Trinajstić information content (AvgIpc) is 3.27. The van der Waals surface area contributed by atoms with Gasteiger partial charge in [-0.25, -0.2) is 0 Å². The highest BCUT2D eigenvalue weighted by molar-refractivity contribution is 6.06. The Hall–Kier alpha value is -2.86. The van der Waals surface area contributed by atoms with Gasteiger partial charge in [-0.15, -0.1) is 0 Å². The fraction of sp³-hybridized carbons (Fsp3) is 0.417. The van der Waals surface area contributed by atoms with Crippen molar-refractivity contribution in [1.82, 2.24) is 0 Å². The van der Waals surface area contributed by atoms with Crippen molar-refractivity contribution >= 4 is 28.9 Å². The summed E-state index contributed by atoms with van der Waals surface area (Å²) in [7, 11) is 2.04. The summed E-state index contributed by atoms with van der Waals surface area (Å²) in [6.45, 7) is 5.41. The van der Waals surface area contributed by atoms with Crippen LogP contribution in [0.3, 0.4) is 0 Å². The van der Waals surface area contributed by atoms with E-state index in [-0.39, 0.29) is 24.0 Å². The quantitative estimate of drug-likeness (QED) is 0.777. The molecule has 0 bridgehead atoms. The van der Waals surface area contributed by atoms with Gasteiger partial charge >= 0.3 is 0 Å². The van der Waals surface area contributed by atoms with Gasteiger partial charge < -0.3 is 19.4 Å². The van der Waals surface area contributed by atoms with E-state index in [0.29, 0.717) is 13.2 Å². The van der Waals surface area contributed by atoms with Gasteiger partial charge in [0.15, 0.2) is 0 Å². The summed E-state index contributed by atoms with van der Waals surface area (Å²) in [6, 6.07) is 16.2. The van der Waals surface area contributed by atoms with Crippen molar-refractivity contribution in [3.8, 4) is 0 Å². The highest BCUT2D eigenvalue weighted by atomic mass is 16.5. The minimum atomic E-state index is -0.389. The van der Waals surface area contributed by atoms with Crippen LogP contribution in [0.15, 0.2) is 48.5 Å². The molecule has 1 fully saturated rings. The van der Waals surface area contributed by atoms with E-state index in [1.54, 1.807) is 11.8 Å². The third-order valence-electron chi connectivity index (χ3n) is 5.91. The molecule has 6 nitrogen and oxygen atoms in total. The van der Waals surface area contributed by atoms with Crippen molar-refractivity contribution in [2.75, 3.05) is 34.9 Å². The third kappa shape index (κ3) is 3.92. The lowest BCUT2D eigenvalue weighted by atomic mass is 10.0. The van der Waals surface area contributed by atoms with Gasteiger partial charge in [0.1, 0.15) is 6.10 Å². The molecule has 4 rings (SSSR count). The molecule has 2 aromatic carbocycles. The number of anilines is 3. The first-order valence-electron chi connectivity index (χ1n) is 10.6. The van der Waals surface area contributed by atoms with Gasteiger partial charge in [-0.2, -0.15) is 0 Å². The lowest BCUT2D eigenvalue weighted by Crippen LogP contribution is -2.53. The van der Waals surface area contributed by atoms with Crippen LogP contribution in [0.5, 0.6) is 0 Å². The zero-order chi connectivity index (χ0) is 21.3. The highest BCUT2D eigenvalue weighted by Crippen LogP contribution is 2.39. The van der Waals surface area contributed by atoms with Crippen LogP contribution in [-0.4, -0.2) is 44.2 Å². The van der Waals surface area contributed by atoms with Gasteiger partial charge in [0.25, 0.3) is 5.91 Å². The summed E-state index contributed by atoms with van der Waals surface area (Å²) in [5, 5.41) is 0. The smallest absolute Gasteiger partial charge is 0.256 e. The van der Waals surface area contributed by atoms with Crippen LogP contribution in [0.25, 0.3) is 0 Å². The van der Waals surface area contributed by atoms with Gasteiger partial charge in [-0.05, 0) is 43.5 Å². The van der Waals surface area contributed by atoms with Crippen LogP contribution in [0.1, 0.15) is 32.3 Å². The fourth-order valence-electron chi connectivity index (χ4n) is 4.43. The molecule has 0 aromatic heterocycles. The number of carbonyl (C=O) groups excluding carboxylic acids is 2. The first kappa shape index (κ1) is 20.4. The predicted octanol–water partition coefficient (Wildman–Crippen LogP) is 3.59. The normalized spacial score (nSPS) is 20.8. The first-order chi connectivity index (χ1) is 14.5. The molecule has 0 aliphatic carbocycles. The van der Waals surface area contributed by atoms with Gasteiger partial charge in [-0.3, -0.25) is 9.59 Å². The Bertz CT molecular complexity index is 925. The van der Waals surface area contributed by atoms with Crippen LogP contribution >= 0.6 is 0 Å². The number of benzene rings is 2. The van der Waals surface area contributed by atoms with E-state index in [9.17, 15) is 9.59 Å². The maximum absolute atomic E-state index is 13.2. The third-order valence-corrected chi connectivity index (χ3v) is 5.91. The van der Waals surface area contributed by atoms with Crippen LogP contribution in [0, 0.1) is 0 Å². The number of ether oxygens (including phenoxy) is 1. The zero-order valence-electron chi connectivity index (χ0n) is 17.9. The Balaban J connectivity index is 1.69. The number of hydrogen-bond donors (Lipinski definition) is 0. The van der Waals surface area contributed by atoms with Crippen LogP contribution < -0.4 is 14.7 Å². The van der Waals surface area contributed by atoms with E-state index in [2.05, 4.69) is 17.0 Å². The van der Waals surface area contributed by atoms with Gasteiger partial charge in [0.05, 0.1) is 17.4 Å².